The predicted octanol–water partition coefficient (Wildman–Crippen LogP) is 2.46. The van der Waals surface area contributed by atoms with Crippen LogP contribution in [0.3, 0.4) is 0 Å². The Bertz CT molecular complexity index is 306. The van der Waals surface area contributed by atoms with E-state index in [1.807, 2.05) is 6.07 Å². The number of nitrogens with two attached hydrogens (primary N) is 1. The molecule has 2 N–H and O–H groups in total. The van der Waals surface area contributed by atoms with Crippen molar-refractivity contribution in [3.05, 3.63) is 29.0 Å². The number of halogens is 1. The van der Waals surface area contributed by atoms with Gasteiger partial charge in [0.2, 0.25) is 0 Å². The van der Waals surface area contributed by atoms with Crippen LogP contribution in [0.1, 0.15) is 31.2 Å². The van der Waals surface area contributed by atoms with Crippen LogP contribution in [0.4, 0.5) is 0 Å². The van der Waals surface area contributed by atoms with Gasteiger partial charge in [-0.05, 0) is 24.5 Å². The van der Waals surface area contributed by atoms with Crippen LogP contribution in [-0.4, -0.2) is 4.98 Å². The lowest BCUT2D eigenvalue weighted by molar-refractivity contribution is 0.461. The van der Waals surface area contributed by atoms with E-state index in [1.165, 1.54) is 12.8 Å². The average Bonchev–Trinajstić information content (AvgIpc) is 2.54. The van der Waals surface area contributed by atoms with Crippen molar-refractivity contribution in [1.82, 2.24) is 4.98 Å². The summed E-state index contributed by atoms with van der Waals surface area (Å²) in [5, 5.41) is 0.701. The minimum absolute atomic E-state index is 0.194. The first-order valence-corrected chi connectivity index (χ1v) is 4.99. The maximum absolute atomic E-state index is 6.27. The topological polar surface area (TPSA) is 38.9 Å². The summed E-state index contributed by atoms with van der Waals surface area (Å²) in [4.78, 5) is 3.96. The van der Waals surface area contributed by atoms with Gasteiger partial charge in [0.1, 0.15) is 0 Å². The first-order valence-electron chi connectivity index (χ1n) is 4.61. The maximum atomic E-state index is 6.27. The van der Waals surface area contributed by atoms with Crippen LogP contribution in [-0.2, 0) is 5.54 Å². The molecule has 0 unspecified atom stereocenters. The summed E-state index contributed by atoms with van der Waals surface area (Å²) < 4.78 is 0. The second kappa shape index (κ2) is 3.28. The third-order valence-corrected chi connectivity index (χ3v) is 3.11. The van der Waals surface area contributed by atoms with Crippen LogP contribution < -0.4 is 5.73 Å². The molecule has 0 spiro atoms. The van der Waals surface area contributed by atoms with Gasteiger partial charge >= 0.3 is 0 Å². The van der Waals surface area contributed by atoms with E-state index in [4.69, 9.17) is 17.3 Å². The van der Waals surface area contributed by atoms with Gasteiger partial charge in [0.15, 0.2) is 0 Å². The third kappa shape index (κ3) is 1.56. The molecular formula is C10H13ClN2. The number of pyridine rings is 1. The molecule has 1 aromatic rings. The molecule has 70 valence electrons. The molecule has 13 heavy (non-hydrogen) atoms. The normalized spacial score (nSPS) is 20.5. The second-order valence-corrected chi connectivity index (χ2v) is 4.13. The summed E-state index contributed by atoms with van der Waals surface area (Å²) in [6.07, 6.45) is 7.91. The van der Waals surface area contributed by atoms with Gasteiger partial charge in [0.05, 0.1) is 5.02 Å². The molecule has 0 atom stereocenters. The Labute approximate surface area is 83.1 Å². The van der Waals surface area contributed by atoms with E-state index in [1.54, 1.807) is 12.4 Å². The lowest BCUT2D eigenvalue weighted by atomic mass is 9.90. The molecule has 0 aliphatic heterocycles. The highest BCUT2D eigenvalue weighted by Gasteiger charge is 2.32. The van der Waals surface area contributed by atoms with E-state index in [9.17, 15) is 0 Å². The van der Waals surface area contributed by atoms with Gasteiger partial charge in [0.25, 0.3) is 0 Å². The Kier molecular flexibility index (Phi) is 2.26. The highest BCUT2D eigenvalue weighted by Crippen LogP contribution is 2.38. The Hall–Kier alpha value is -0.600. The monoisotopic (exact) mass is 196 g/mol. The van der Waals surface area contributed by atoms with Crippen molar-refractivity contribution in [2.45, 2.75) is 31.2 Å². The minimum Gasteiger partial charge on any atom is -0.321 e. The molecule has 1 heterocycles. The van der Waals surface area contributed by atoms with E-state index in [0.29, 0.717) is 5.02 Å². The molecule has 3 heteroatoms. The molecule has 0 bridgehead atoms. The Morgan fingerprint density at radius 3 is 2.69 bits per heavy atom. The number of aromatic nitrogens is 1. The van der Waals surface area contributed by atoms with Crippen molar-refractivity contribution >= 4 is 11.6 Å². The molecule has 1 aromatic heterocycles. The first-order chi connectivity index (χ1) is 6.22. The zero-order valence-corrected chi connectivity index (χ0v) is 8.22. The van der Waals surface area contributed by atoms with Gasteiger partial charge in [-0.3, -0.25) is 4.98 Å². The first kappa shape index (κ1) is 8.97. The summed E-state index contributed by atoms with van der Waals surface area (Å²) in [5.41, 5.74) is 7.13. The van der Waals surface area contributed by atoms with Crippen LogP contribution in [0.25, 0.3) is 0 Å². The van der Waals surface area contributed by atoms with Crippen LogP contribution in [0, 0.1) is 0 Å². The van der Waals surface area contributed by atoms with Gasteiger partial charge in [0, 0.05) is 17.9 Å². The summed E-state index contributed by atoms with van der Waals surface area (Å²) >= 11 is 6.05. The summed E-state index contributed by atoms with van der Waals surface area (Å²) in [5.74, 6) is 0. The van der Waals surface area contributed by atoms with Gasteiger partial charge < -0.3 is 5.73 Å². The van der Waals surface area contributed by atoms with Crippen molar-refractivity contribution in [2.75, 3.05) is 0 Å². The number of nitrogens with zero attached hydrogens (tertiary/aromatic N) is 1. The van der Waals surface area contributed by atoms with Crippen molar-refractivity contribution in [3.8, 4) is 0 Å². The fraction of sp³-hybridized carbons (Fsp3) is 0.500. The predicted molar refractivity (Wildman–Crippen MR) is 53.6 cm³/mol. The van der Waals surface area contributed by atoms with Gasteiger partial charge in [-0.1, -0.05) is 24.4 Å². The molecule has 1 aliphatic carbocycles. The second-order valence-electron chi connectivity index (χ2n) is 3.72. The standard InChI is InChI=1S/C10H13ClN2/c11-9-7-13-6-3-8(9)10(12)4-1-2-5-10/h3,6-7H,1-2,4-5,12H2. The lowest BCUT2D eigenvalue weighted by Crippen LogP contribution is -2.33. The molecule has 1 fully saturated rings. The molecule has 1 saturated carbocycles. The summed E-state index contributed by atoms with van der Waals surface area (Å²) in [6, 6.07) is 1.94. The van der Waals surface area contributed by atoms with Crippen LogP contribution in [0.2, 0.25) is 5.02 Å². The Morgan fingerprint density at radius 1 is 1.38 bits per heavy atom. The summed E-state index contributed by atoms with van der Waals surface area (Å²) in [7, 11) is 0. The van der Waals surface area contributed by atoms with Crippen molar-refractivity contribution in [2.24, 2.45) is 5.73 Å². The fourth-order valence-corrected chi connectivity index (χ4v) is 2.36. The van der Waals surface area contributed by atoms with Gasteiger partial charge in [-0.15, -0.1) is 0 Å². The number of rotatable bonds is 1. The molecule has 2 rings (SSSR count). The largest absolute Gasteiger partial charge is 0.321 e. The van der Waals surface area contributed by atoms with Crippen molar-refractivity contribution in [3.63, 3.8) is 0 Å². The molecule has 0 amide bonds. The smallest absolute Gasteiger partial charge is 0.0639 e. The number of hydrogen-bond donors (Lipinski definition) is 1. The van der Waals surface area contributed by atoms with Gasteiger partial charge in [-0.2, -0.15) is 0 Å². The molecular weight excluding hydrogens is 184 g/mol. The van der Waals surface area contributed by atoms with E-state index >= 15 is 0 Å². The Morgan fingerprint density at radius 2 is 2.08 bits per heavy atom. The molecule has 0 aromatic carbocycles. The maximum Gasteiger partial charge on any atom is 0.0639 e. The average molecular weight is 197 g/mol. The van der Waals surface area contributed by atoms with Crippen molar-refractivity contribution < 1.29 is 0 Å². The molecule has 2 nitrogen and oxygen atoms in total. The van der Waals surface area contributed by atoms with E-state index in [-0.39, 0.29) is 5.54 Å². The zero-order chi connectivity index (χ0) is 9.31. The quantitative estimate of drug-likeness (QED) is 0.750. The highest BCUT2D eigenvalue weighted by atomic mass is 35.5. The van der Waals surface area contributed by atoms with Gasteiger partial charge in [-0.25, -0.2) is 0 Å². The third-order valence-electron chi connectivity index (χ3n) is 2.80. The van der Waals surface area contributed by atoms with Crippen LogP contribution in [0.15, 0.2) is 18.5 Å². The van der Waals surface area contributed by atoms with Crippen molar-refractivity contribution in [1.29, 1.82) is 0 Å². The minimum atomic E-state index is -0.194. The van der Waals surface area contributed by atoms with Crippen LogP contribution >= 0.6 is 11.6 Å². The van der Waals surface area contributed by atoms with E-state index in [0.717, 1.165) is 18.4 Å². The fourth-order valence-electron chi connectivity index (χ4n) is 2.05. The lowest BCUT2D eigenvalue weighted by Gasteiger charge is -2.24. The zero-order valence-electron chi connectivity index (χ0n) is 7.46. The van der Waals surface area contributed by atoms with E-state index < -0.39 is 0 Å². The molecule has 1 aliphatic rings. The Balaban J connectivity index is 2.39. The van der Waals surface area contributed by atoms with Crippen LogP contribution in [0.5, 0.6) is 0 Å². The molecule has 0 radical (unpaired) electrons. The SMILES string of the molecule is NC1(c2ccncc2Cl)CCCC1. The molecule has 0 saturated heterocycles. The number of hydrogen-bond acceptors (Lipinski definition) is 2. The van der Waals surface area contributed by atoms with E-state index in [2.05, 4.69) is 4.98 Å². The summed E-state index contributed by atoms with van der Waals surface area (Å²) in [6.45, 7) is 0. The highest BCUT2D eigenvalue weighted by molar-refractivity contribution is 6.31.